The van der Waals surface area contributed by atoms with E-state index < -0.39 is 0 Å². The van der Waals surface area contributed by atoms with Crippen LogP contribution in [0.1, 0.15) is 33.6 Å². The molecule has 1 atom stereocenters. The Morgan fingerprint density at radius 3 is 2.69 bits per heavy atom. The minimum Gasteiger partial charge on any atom is -0.122 e. The Hall–Kier alpha value is 0.180. The highest BCUT2D eigenvalue weighted by Gasteiger charge is 2.35. The van der Waals surface area contributed by atoms with Gasteiger partial charge in [0, 0.05) is 5.92 Å². The molecule has 0 amide bonds. The van der Waals surface area contributed by atoms with E-state index in [9.17, 15) is 0 Å². The van der Waals surface area contributed by atoms with Gasteiger partial charge in [-0.05, 0) is 31.4 Å². The minimum atomic E-state index is 0.360. The van der Waals surface area contributed by atoms with Gasteiger partial charge in [0.05, 0.1) is 4.20 Å². The monoisotopic (exact) mass is 214 g/mol. The molecule has 74 valence electrons. The molecule has 0 aromatic rings. The van der Waals surface area contributed by atoms with Crippen molar-refractivity contribution in [1.29, 1.82) is 0 Å². The van der Waals surface area contributed by atoms with Crippen LogP contribution in [0.5, 0.6) is 0 Å². The first-order valence-corrected chi connectivity index (χ1v) is 6.37. The van der Waals surface area contributed by atoms with E-state index in [2.05, 4.69) is 33.1 Å². The van der Waals surface area contributed by atoms with E-state index in [-0.39, 0.29) is 0 Å². The first-order chi connectivity index (χ1) is 5.99. The smallest absolute Gasteiger partial charge is 0.0552 e. The molecule has 0 aromatic heterocycles. The molecule has 2 heteroatoms. The Bertz CT molecular complexity index is 238. The fraction of sp³-hybridized carbons (Fsp3) is 0.727. The van der Waals surface area contributed by atoms with Crippen LogP contribution in [0.25, 0.3) is 0 Å². The summed E-state index contributed by atoms with van der Waals surface area (Å²) in [7, 11) is 0. The van der Waals surface area contributed by atoms with Gasteiger partial charge >= 0.3 is 0 Å². The quantitative estimate of drug-likeness (QED) is 0.477. The summed E-state index contributed by atoms with van der Waals surface area (Å²) in [5.74, 6) is 0.506. The Balaban J connectivity index is 2.94. The van der Waals surface area contributed by atoms with Crippen LogP contribution < -0.4 is 0 Å². The van der Waals surface area contributed by atoms with E-state index in [0.29, 0.717) is 11.3 Å². The molecule has 1 aliphatic rings. The van der Waals surface area contributed by atoms with Crippen LogP contribution in [-0.2, 0) is 0 Å². The van der Waals surface area contributed by atoms with Crippen molar-refractivity contribution in [3.63, 3.8) is 0 Å². The molecule has 1 aliphatic carbocycles. The van der Waals surface area contributed by atoms with Crippen LogP contribution in [0.4, 0.5) is 0 Å². The third kappa shape index (κ3) is 2.35. The Labute approximate surface area is 91.2 Å². The summed E-state index contributed by atoms with van der Waals surface area (Å²) in [6.45, 7) is 6.88. The van der Waals surface area contributed by atoms with Gasteiger partial charge in [0.15, 0.2) is 0 Å². The van der Waals surface area contributed by atoms with Gasteiger partial charge in [-0.25, -0.2) is 0 Å². The number of allylic oxidation sites excluding steroid dienone is 2. The zero-order chi connectivity index (χ0) is 10.1. The molecule has 0 saturated heterocycles. The molecule has 13 heavy (non-hydrogen) atoms. The summed E-state index contributed by atoms with van der Waals surface area (Å²) in [4.78, 5) is 0. The van der Waals surface area contributed by atoms with Crippen molar-refractivity contribution >= 4 is 28.2 Å². The molecule has 0 N–H and O–H groups in total. The second kappa shape index (κ2) is 4.14. The SMILES string of the molecule is CSC(=S)C1C(C)=CCCC1(C)C. The molecular formula is C11H18S2. The van der Waals surface area contributed by atoms with Crippen LogP contribution in [0.3, 0.4) is 0 Å². The molecule has 0 nitrogen and oxygen atoms in total. The molecule has 0 bridgehead atoms. The topological polar surface area (TPSA) is 0 Å². The minimum absolute atomic E-state index is 0.360. The van der Waals surface area contributed by atoms with Crippen LogP contribution >= 0.6 is 24.0 Å². The van der Waals surface area contributed by atoms with Gasteiger partial charge in [0.25, 0.3) is 0 Å². The Kier molecular flexibility index (Phi) is 3.58. The zero-order valence-corrected chi connectivity index (χ0v) is 10.5. The summed E-state index contributed by atoms with van der Waals surface area (Å²) in [6.07, 6.45) is 6.90. The summed E-state index contributed by atoms with van der Waals surface area (Å²) in [5, 5.41) is 0. The molecule has 0 fully saturated rings. The van der Waals surface area contributed by atoms with Crippen LogP contribution in [0.2, 0.25) is 0 Å². The van der Waals surface area contributed by atoms with Gasteiger partial charge in [-0.1, -0.05) is 37.7 Å². The lowest BCUT2D eigenvalue weighted by atomic mass is 9.69. The van der Waals surface area contributed by atoms with Crippen molar-refractivity contribution < 1.29 is 0 Å². The van der Waals surface area contributed by atoms with Gasteiger partial charge < -0.3 is 0 Å². The number of hydrogen-bond acceptors (Lipinski definition) is 2. The summed E-state index contributed by atoms with van der Waals surface area (Å²) >= 11 is 7.15. The lowest BCUT2D eigenvalue weighted by Crippen LogP contribution is -2.32. The molecule has 0 radical (unpaired) electrons. The van der Waals surface area contributed by atoms with Crippen molar-refractivity contribution in [2.75, 3.05) is 6.26 Å². The van der Waals surface area contributed by atoms with E-state index >= 15 is 0 Å². The molecule has 0 spiro atoms. The molecule has 1 unspecified atom stereocenters. The van der Waals surface area contributed by atoms with Gasteiger partial charge in [-0.15, -0.1) is 11.8 Å². The van der Waals surface area contributed by atoms with Crippen molar-refractivity contribution in [3.05, 3.63) is 11.6 Å². The molecule has 0 aromatic carbocycles. The molecule has 1 rings (SSSR count). The number of hydrogen-bond donors (Lipinski definition) is 0. The fourth-order valence-corrected chi connectivity index (χ4v) is 3.42. The average molecular weight is 214 g/mol. The lowest BCUT2D eigenvalue weighted by Gasteiger charge is -2.38. The van der Waals surface area contributed by atoms with Gasteiger partial charge in [-0.2, -0.15) is 0 Å². The van der Waals surface area contributed by atoms with E-state index in [4.69, 9.17) is 12.2 Å². The molecular weight excluding hydrogens is 196 g/mol. The maximum Gasteiger partial charge on any atom is 0.0552 e. The zero-order valence-electron chi connectivity index (χ0n) is 8.89. The third-order valence-electron chi connectivity index (χ3n) is 2.93. The number of thiocarbonyl (C=S) groups is 1. The van der Waals surface area contributed by atoms with Crippen LogP contribution in [-0.4, -0.2) is 10.5 Å². The van der Waals surface area contributed by atoms with Gasteiger partial charge in [0.2, 0.25) is 0 Å². The first kappa shape index (κ1) is 11.3. The largest absolute Gasteiger partial charge is 0.122 e. The van der Waals surface area contributed by atoms with E-state index in [1.807, 2.05) is 0 Å². The maximum absolute atomic E-state index is 5.42. The van der Waals surface area contributed by atoms with Crippen molar-refractivity contribution in [3.8, 4) is 0 Å². The first-order valence-electron chi connectivity index (χ1n) is 4.73. The third-order valence-corrected chi connectivity index (χ3v) is 4.30. The van der Waals surface area contributed by atoms with Crippen LogP contribution in [0.15, 0.2) is 11.6 Å². The number of thioether (sulfide) groups is 1. The van der Waals surface area contributed by atoms with Crippen molar-refractivity contribution in [2.24, 2.45) is 11.3 Å². The van der Waals surface area contributed by atoms with E-state index in [1.165, 1.54) is 18.4 Å². The second-order valence-corrected chi connectivity index (χ2v) is 5.98. The van der Waals surface area contributed by atoms with Crippen molar-refractivity contribution in [1.82, 2.24) is 0 Å². The van der Waals surface area contributed by atoms with E-state index in [1.54, 1.807) is 11.8 Å². The molecule has 0 heterocycles. The lowest BCUT2D eigenvalue weighted by molar-refractivity contribution is 0.275. The Morgan fingerprint density at radius 1 is 1.62 bits per heavy atom. The normalized spacial score (nSPS) is 26.8. The summed E-state index contributed by atoms with van der Waals surface area (Å²) in [5.41, 5.74) is 1.83. The van der Waals surface area contributed by atoms with Crippen molar-refractivity contribution in [2.45, 2.75) is 33.6 Å². The predicted molar refractivity (Wildman–Crippen MR) is 66.4 cm³/mol. The highest BCUT2D eigenvalue weighted by molar-refractivity contribution is 8.22. The Morgan fingerprint density at radius 2 is 2.23 bits per heavy atom. The summed E-state index contributed by atoms with van der Waals surface area (Å²) < 4.78 is 1.15. The summed E-state index contributed by atoms with van der Waals surface area (Å²) in [6, 6.07) is 0. The average Bonchev–Trinajstić information content (AvgIpc) is 2.02. The predicted octanol–water partition coefficient (Wildman–Crippen LogP) is 4.06. The van der Waals surface area contributed by atoms with Gasteiger partial charge in [0.1, 0.15) is 0 Å². The molecule has 0 saturated carbocycles. The maximum atomic E-state index is 5.42. The fourth-order valence-electron chi connectivity index (χ4n) is 2.17. The highest BCUT2D eigenvalue weighted by atomic mass is 32.2. The second-order valence-electron chi connectivity index (χ2n) is 4.43. The highest BCUT2D eigenvalue weighted by Crippen LogP contribution is 2.43. The molecule has 0 aliphatic heterocycles. The van der Waals surface area contributed by atoms with E-state index in [0.717, 1.165) is 4.20 Å². The standard InChI is InChI=1S/C11H18S2/c1-8-6-5-7-11(2,3)9(8)10(12)13-4/h6,9H,5,7H2,1-4H3. The number of rotatable bonds is 1. The van der Waals surface area contributed by atoms with Crippen LogP contribution in [0, 0.1) is 11.3 Å². The van der Waals surface area contributed by atoms with Gasteiger partial charge in [-0.3, -0.25) is 0 Å².